The molecule has 0 fully saturated rings. The number of oxazole rings is 1. The first-order valence-corrected chi connectivity index (χ1v) is 8.00. The quantitative estimate of drug-likeness (QED) is 0.800. The van der Waals surface area contributed by atoms with Crippen molar-refractivity contribution in [1.29, 1.82) is 0 Å². The van der Waals surface area contributed by atoms with E-state index in [1.165, 1.54) is 19.2 Å². The minimum absolute atomic E-state index is 0.155. The van der Waals surface area contributed by atoms with Crippen LogP contribution in [0.5, 0.6) is 5.75 Å². The lowest BCUT2D eigenvalue weighted by Crippen LogP contribution is -2.12. The smallest absolute Gasteiger partial charge is 0.261 e. The lowest BCUT2D eigenvalue weighted by atomic mass is 10.3. The monoisotopic (exact) mass is 318 g/mol. The topological polar surface area (TPSA) is 81.4 Å². The summed E-state index contributed by atoms with van der Waals surface area (Å²) in [6.07, 6.45) is 0. The maximum absolute atomic E-state index is 12.3. The Bertz CT molecular complexity index is 914. The van der Waals surface area contributed by atoms with E-state index >= 15 is 0 Å². The van der Waals surface area contributed by atoms with Crippen molar-refractivity contribution in [3.63, 3.8) is 0 Å². The number of nitrogens with one attached hydrogen (secondary N) is 1. The summed E-state index contributed by atoms with van der Waals surface area (Å²) in [5.41, 5.74) is 1.64. The highest BCUT2D eigenvalue weighted by Crippen LogP contribution is 2.23. The second-order valence-corrected chi connectivity index (χ2v) is 6.38. The van der Waals surface area contributed by atoms with Crippen LogP contribution in [-0.2, 0) is 10.0 Å². The van der Waals surface area contributed by atoms with Crippen LogP contribution in [0.15, 0.2) is 51.8 Å². The van der Waals surface area contributed by atoms with E-state index in [1.807, 2.05) is 0 Å². The Labute approximate surface area is 127 Å². The first-order valence-electron chi connectivity index (χ1n) is 6.52. The molecule has 22 heavy (non-hydrogen) atoms. The first-order chi connectivity index (χ1) is 10.5. The number of anilines is 1. The number of hydrogen-bond acceptors (Lipinski definition) is 5. The van der Waals surface area contributed by atoms with Crippen molar-refractivity contribution in [2.45, 2.75) is 11.8 Å². The molecule has 0 bridgehead atoms. The van der Waals surface area contributed by atoms with Gasteiger partial charge in [-0.15, -0.1) is 0 Å². The number of fused-ring (bicyclic) bond motifs is 1. The van der Waals surface area contributed by atoms with Crippen molar-refractivity contribution in [1.82, 2.24) is 4.98 Å². The number of aryl methyl sites for hydroxylation is 1. The Hall–Kier alpha value is -2.54. The highest BCUT2D eigenvalue weighted by atomic mass is 32.2. The number of hydrogen-bond donors (Lipinski definition) is 1. The van der Waals surface area contributed by atoms with Gasteiger partial charge in [-0.05, 0) is 36.4 Å². The minimum Gasteiger partial charge on any atom is -0.497 e. The Balaban J connectivity index is 1.91. The van der Waals surface area contributed by atoms with E-state index in [-0.39, 0.29) is 4.90 Å². The number of ether oxygens (including phenoxy) is 1. The van der Waals surface area contributed by atoms with Gasteiger partial charge >= 0.3 is 0 Å². The fourth-order valence-electron chi connectivity index (χ4n) is 2.07. The Morgan fingerprint density at radius 1 is 1.14 bits per heavy atom. The molecule has 0 saturated carbocycles. The van der Waals surface area contributed by atoms with Gasteiger partial charge in [0.1, 0.15) is 11.3 Å². The third-order valence-corrected chi connectivity index (χ3v) is 4.51. The van der Waals surface area contributed by atoms with E-state index in [4.69, 9.17) is 9.15 Å². The highest BCUT2D eigenvalue weighted by Gasteiger charge is 2.15. The largest absolute Gasteiger partial charge is 0.497 e. The summed E-state index contributed by atoms with van der Waals surface area (Å²) >= 11 is 0. The number of sulfonamides is 1. The molecule has 0 aliphatic carbocycles. The SMILES string of the molecule is COc1ccc(S(=O)(=O)Nc2ccc3nc(C)oc3c2)cc1. The molecular weight excluding hydrogens is 304 g/mol. The van der Waals surface area contributed by atoms with Gasteiger partial charge in [-0.1, -0.05) is 0 Å². The zero-order valence-electron chi connectivity index (χ0n) is 12.0. The van der Waals surface area contributed by atoms with Crippen LogP contribution in [0.25, 0.3) is 11.1 Å². The lowest BCUT2D eigenvalue weighted by molar-refractivity contribution is 0.414. The molecule has 6 nitrogen and oxygen atoms in total. The molecule has 3 rings (SSSR count). The van der Waals surface area contributed by atoms with Crippen molar-refractivity contribution in [2.24, 2.45) is 0 Å². The number of benzene rings is 2. The zero-order chi connectivity index (χ0) is 15.7. The molecule has 0 aliphatic rings. The van der Waals surface area contributed by atoms with Gasteiger partial charge < -0.3 is 9.15 Å². The molecule has 2 aromatic carbocycles. The van der Waals surface area contributed by atoms with Crippen molar-refractivity contribution in [3.05, 3.63) is 48.4 Å². The Kier molecular flexibility index (Phi) is 3.50. The van der Waals surface area contributed by atoms with E-state index < -0.39 is 10.0 Å². The molecule has 1 heterocycles. The first kappa shape index (κ1) is 14.4. The van der Waals surface area contributed by atoms with Crippen LogP contribution >= 0.6 is 0 Å². The van der Waals surface area contributed by atoms with Gasteiger partial charge in [-0.2, -0.15) is 0 Å². The molecule has 0 radical (unpaired) electrons. The molecule has 0 aliphatic heterocycles. The fraction of sp³-hybridized carbons (Fsp3) is 0.133. The van der Waals surface area contributed by atoms with Crippen LogP contribution in [-0.4, -0.2) is 20.5 Å². The molecule has 1 N–H and O–H groups in total. The van der Waals surface area contributed by atoms with Gasteiger partial charge in [0.25, 0.3) is 10.0 Å². The zero-order valence-corrected chi connectivity index (χ0v) is 12.8. The summed E-state index contributed by atoms with van der Waals surface area (Å²) in [5.74, 6) is 1.13. The molecule has 0 unspecified atom stereocenters. The second-order valence-electron chi connectivity index (χ2n) is 4.70. The summed E-state index contributed by atoms with van der Waals surface area (Å²) < 4.78 is 37.6. The van der Waals surface area contributed by atoms with Crippen LogP contribution in [0.4, 0.5) is 5.69 Å². The molecule has 0 saturated heterocycles. The maximum Gasteiger partial charge on any atom is 0.261 e. The summed E-state index contributed by atoms with van der Waals surface area (Å²) in [6, 6.07) is 11.1. The number of methoxy groups -OCH3 is 1. The third kappa shape index (κ3) is 2.75. The summed E-state index contributed by atoms with van der Waals surface area (Å²) in [6.45, 7) is 1.74. The third-order valence-electron chi connectivity index (χ3n) is 3.12. The second kappa shape index (κ2) is 5.34. The van der Waals surface area contributed by atoms with Crippen LogP contribution < -0.4 is 9.46 Å². The van der Waals surface area contributed by atoms with Crippen LogP contribution in [0.2, 0.25) is 0 Å². The van der Waals surface area contributed by atoms with Gasteiger partial charge in [0.05, 0.1) is 17.7 Å². The molecule has 114 valence electrons. The van der Waals surface area contributed by atoms with E-state index in [1.54, 1.807) is 37.3 Å². The average molecular weight is 318 g/mol. The van der Waals surface area contributed by atoms with E-state index in [0.29, 0.717) is 28.4 Å². The number of rotatable bonds is 4. The molecule has 3 aromatic rings. The van der Waals surface area contributed by atoms with Crippen LogP contribution in [0.3, 0.4) is 0 Å². The predicted molar refractivity (Wildman–Crippen MR) is 82.5 cm³/mol. The lowest BCUT2D eigenvalue weighted by Gasteiger charge is -2.08. The molecule has 0 atom stereocenters. The maximum atomic E-state index is 12.3. The number of nitrogens with zero attached hydrogens (tertiary/aromatic N) is 1. The summed E-state index contributed by atoms with van der Waals surface area (Å²) in [5, 5.41) is 0. The van der Waals surface area contributed by atoms with Crippen LogP contribution in [0, 0.1) is 6.92 Å². The van der Waals surface area contributed by atoms with Gasteiger partial charge in [0.15, 0.2) is 11.5 Å². The Morgan fingerprint density at radius 2 is 1.86 bits per heavy atom. The van der Waals surface area contributed by atoms with Gasteiger partial charge in [-0.25, -0.2) is 13.4 Å². The van der Waals surface area contributed by atoms with Gasteiger partial charge in [0, 0.05) is 13.0 Å². The van der Waals surface area contributed by atoms with Crippen molar-refractivity contribution < 1.29 is 17.6 Å². The standard InChI is InChI=1S/C15H14N2O4S/c1-10-16-14-8-3-11(9-15(14)21-10)17-22(18,19)13-6-4-12(20-2)5-7-13/h3-9,17H,1-2H3. The van der Waals surface area contributed by atoms with Gasteiger partial charge in [-0.3, -0.25) is 4.72 Å². The predicted octanol–water partition coefficient (Wildman–Crippen LogP) is 2.95. The highest BCUT2D eigenvalue weighted by molar-refractivity contribution is 7.92. The molecular formula is C15H14N2O4S. The molecule has 1 aromatic heterocycles. The Morgan fingerprint density at radius 3 is 2.55 bits per heavy atom. The molecule has 7 heteroatoms. The summed E-state index contributed by atoms with van der Waals surface area (Å²) in [7, 11) is -2.14. The minimum atomic E-state index is -3.67. The molecule has 0 amide bonds. The van der Waals surface area contributed by atoms with Gasteiger partial charge in [0.2, 0.25) is 0 Å². The summed E-state index contributed by atoms with van der Waals surface area (Å²) in [4.78, 5) is 4.32. The fourth-order valence-corrected chi connectivity index (χ4v) is 3.12. The van der Waals surface area contributed by atoms with E-state index in [0.717, 1.165) is 0 Å². The van der Waals surface area contributed by atoms with E-state index in [9.17, 15) is 8.42 Å². The van der Waals surface area contributed by atoms with Crippen molar-refractivity contribution >= 4 is 26.8 Å². The number of aromatic nitrogens is 1. The van der Waals surface area contributed by atoms with E-state index in [2.05, 4.69) is 9.71 Å². The molecule has 0 spiro atoms. The average Bonchev–Trinajstić information content (AvgIpc) is 2.86. The normalized spacial score (nSPS) is 11.5. The van der Waals surface area contributed by atoms with Crippen LogP contribution in [0.1, 0.15) is 5.89 Å². The van der Waals surface area contributed by atoms with Crippen molar-refractivity contribution in [3.8, 4) is 5.75 Å². The van der Waals surface area contributed by atoms with Crippen molar-refractivity contribution in [2.75, 3.05) is 11.8 Å².